The quantitative estimate of drug-likeness (QED) is 0.779. The van der Waals surface area contributed by atoms with Crippen LogP contribution in [-0.4, -0.2) is 14.6 Å². The lowest BCUT2D eigenvalue weighted by Crippen LogP contribution is -2.26. The molecular formula is C11H12ClF3O2S. The van der Waals surface area contributed by atoms with Gasteiger partial charge in [-0.1, -0.05) is 12.1 Å². The van der Waals surface area contributed by atoms with Crippen molar-refractivity contribution in [2.24, 2.45) is 0 Å². The van der Waals surface area contributed by atoms with Gasteiger partial charge in [-0.3, -0.25) is 0 Å². The maximum atomic E-state index is 12.9. The Morgan fingerprint density at radius 1 is 1.06 bits per heavy atom. The standard InChI is InChI=1S/C11H12ClF3O2S/c1-6-4-8(3)9(5-7(6)2)10(11(13,14)15)18(12,16)17/h4-5,10H,1-3H3. The average molecular weight is 301 g/mol. The van der Waals surface area contributed by atoms with E-state index >= 15 is 0 Å². The Bertz CT molecular complexity index is 564. The van der Waals surface area contributed by atoms with Crippen molar-refractivity contribution in [2.45, 2.75) is 32.2 Å². The van der Waals surface area contributed by atoms with Crippen LogP contribution >= 0.6 is 10.7 Å². The van der Waals surface area contributed by atoms with Gasteiger partial charge in [0.05, 0.1) is 0 Å². The minimum Gasteiger partial charge on any atom is -0.211 e. The average Bonchev–Trinajstić information content (AvgIpc) is 2.09. The minimum absolute atomic E-state index is 0.254. The van der Waals surface area contributed by atoms with E-state index in [1.54, 1.807) is 13.8 Å². The Balaban J connectivity index is 3.55. The molecule has 18 heavy (non-hydrogen) atoms. The Kier molecular flexibility index (Phi) is 4.03. The highest BCUT2D eigenvalue weighted by atomic mass is 35.7. The van der Waals surface area contributed by atoms with E-state index in [1.807, 2.05) is 0 Å². The Morgan fingerprint density at radius 3 is 1.89 bits per heavy atom. The van der Waals surface area contributed by atoms with Crippen LogP contribution in [-0.2, 0) is 9.05 Å². The molecule has 0 N–H and O–H groups in total. The molecular weight excluding hydrogens is 289 g/mol. The molecule has 0 amide bonds. The van der Waals surface area contributed by atoms with E-state index < -0.39 is 20.5 Å². The largest absolute Gasteiger partial charge is 0.410 e. The van der Waals surface area contributed by atoms with Gasteiger partial charge in [0.15, 0.2) is 5.25 Å². The molecule has 2 nitrogen and oxygen atoms in total. The second kappa shape index (κ2) is 4.74. The van der Waals surface area contributed by atoms with Gasteiger partial charge in [0.2, 0.25) is 9.05 Å². The zero-order valence-corrected chi connectivity index (χ0v) is 11.5. The lowest BCUT2D eigenvalue weighted by Gasteiger charge is -2.20. The predicted octanol–water partition coefficient (Wildman–Crippen LogP) is 3.78. The third-order valence-electron chi connectivity index (χ3n) is 2.74. The number of aryl methyl sites for hydroxylation is 3. The summed E-state index contributed by atoms with van der Waals surface area (Å²) in [5, 5.41) is -2.69. The van der Waals surface area contributed by atoms with Crippen molar-refractivity contribution in [2.75, 3.05) is 0 Å². The van der Waals surface area contributed by atoms with Crippen LogP contribution in [0.3, 0.4) is 0 Å². The molecule has 0 aliphatic rings. The van der Waals surface area contributed by atoms with Crippen LogP contribution in [0, 0.1) is 20.8 Å². The highest BCUT2D eigenvalue weighted by Gasteiger charge is 2.49. The van der Waals surface area contributed by atoms with E-state index in [9.17, 15) is 21.6 Å². The first-order valence-corrected chi connectivity index (χ1v) is 7.39. The molecule has 7 heteroatoms. The monoisotopic (exact) mass is 300 g/mol. The number of benzene rings is 1. The molecule has 1 rings (SSSR count). The zero-order valence-electron chi connectivity index (χ0n) is 9.97. The van der Waals surface area contributed by atoms with Crippen LogP contribution in [0.5, 0.6) is 0 Å². The SMILES string of the molecule is Cc1cc(C)c(C(C(F)(F)F)S(=O)(=O)Cl)cc1C. The lowest BCUT2D eigenvalue weighted by molar-refractivity contribution is -0.131. The molecule has 0 saturated heterocycles. The maximum absolute atomic E-state index is 12.9. The summed E-state index contributed by atoms with van der Waals surface area (Å²) in [7, 11) is 0.154. The fourth-order valence-corrected chi connectivity index (χ4v) is 3.22. The second-order valence-electron chi connectivity index (χ2n) is 4.19. The molecule has 0 saturated carbocycles. The van der Waals surface area contributed by atoms with E-state index in [-0.39, 0.29) is 11.1 Å². The Hall–Kier alpha value is -0.750. The van der Waals surface area contributed by atoms with Crippen LogP contribution in [0.25, 0.3) is 0 Å². The first-order chi connectivity index (χ1) is 7.94. The van der Waals surface area contributed by atoms with Crippen molar-refractivity contribution in [3.8, 4) is 0 Å². The third kappa shape index (κ3) is 3.17. The van der Waals surface area contributed by atoms with Crippen molar-refractivity contribution in [3.63, 3.8) is 0 Å². The van der Waals surface area contributed by atoms with Crippen molar-refractivity contribution in [1.82, 2.24) is 0 Å². The van der Waals surface area contributed by atoms with Gasteiger partial charge in [-0.2, -0.15) is 13.2 Å². The first kappa shape index (κ1) is 15.3. The van der Waals surface area contributed by atoms with Crippen LogP contribution in [0.4, 0.5) is 13.2 Å². The Morgan fingerprint density at radius 2 is 1.50 bits per heavy atom. The van der Waals surface area contributed by atoms with Gasteiger partial charge in [0, 0.05) is 10.7 Å². The van der Waals surface area contributed by atoms with Crippen LogP contribution < -0.4 is 0 Å². The maximum Gasteiger partial charge on any atom is 0.410 e. The molecule has 0 aliphatic carbocycles. The fourth-order valence-electron chi connectivity index (χ4n) is 1.75. The van der Waals surface area contributed by atoms with Gasteiger partial charge in [-0.05, 0) is 43.0 Å². The third-order valence-corrected chi connectivity index (χ3v) is 4.36. The van der Waals surface area contributed by atoms with Crippen molar-refractivity contribution < 1.29 is 21.6 Å². The molecule has 1 aromatic carbocycles. The molecule has 0 bridgehead atoms. The van der Waals surface area contributed by atoms with E-state index in [4.69, 9.17) is 10.7 Å². The summed E-state index contributed by atoms with van der Waals surface area (Å²) in [6.45, 7) is 4.79. The van der Waals surface area contributed by atoms with Gasteiger partial charge in [-0.15, -0.1) is 0 Å². The summed E-state index contributed by atoms with van der Waals surface area (Å²) in [5.74, 6) is 0. The van der Waals surface area contributed by atoms with Crippen LogP contribution in [0.15, 0.2) is 12.1 Å². The van der Waals surface area contributed by atoms with Gasteiger partial charge in [0.25, 0.3) is 0 Å². The van der Waals surface area contributed by atoms with Crippen LogP contribution in [0.2, 0.25) is 0 Å². The van der Waals surface area contributed by atoms with Crippen molar-refractivity contribution in [1.29, 1.82) is 0 Å². The van der Waals surface area contributed by atoms with E-state index in [0.717, 1.165) is 5.56 Å². The number of hydrogen-bond donors (Lipinski definition) is 0. The summed E-state index contributed by atoms with van der Waals surface area (Å²) in [6.07, 6.45) is -4.94. The summed E-state index contributed by atoms with van der Waals surface area (Å²) in [6, 6.07) is 2.74. The summed E-state index contributed by atoms with van der Waals surface area (Å²) in [4.78, 5) is 0. The second-order valence-corrected chi connectivity index (χ2v) is 6.90. The van der Waals surface area contributed by atoms with E-state index in [0.29, 0.717) is 5.56 Å². The molecule has 102 valence electrons. The number of rotatable bonds is 2. The smallest absolute Gasteiger partial charge is 0.211 e. The normalized spacial score (nSPS) is 14.6. The van der Waals surface area contributed by atoms with E-state index in [2.05, 4.69) is 0 Å². The molecule has 0 heterocycles. The summed E-state index contributed by atoms with van der Waals surface area (Å²) >= 11 is 0. The molecule has 0 aromatic heterocycles. The van der Waals surface area contributed by atoms with Crippen LogP contribution in [0.1, 0.15) is 27.5 Å². The highest BCUT2D eigenvalue weighted by molar-refractivity contribution is 8.14. The molecule has 0 radical (unpaired) electrons. The summed E-state index contributed by atoms with van der Waals surface area (Å²) < 4.78 is 60.9. The molecule has 0 spiro atoms. The first-order valence-electron chi connectivity index (χ1n) is 5.02. The van der Waals surface area contributed by atoms with Crippen molar-refractivity contribution >= 4 is 19.7 Å². The molecule has 1 atom stereocenters. The molecule has 0 fully saturated rings. The van der Waals surface area contributed by atoms with Gasteiger partial charge >= 0.3 is 6.18 Å². The summed E-state index contributed by atoms with van der Waals surface area (Å²) in [5.41, 5.74) is 1.32. The predicted molar refractivity (Wildman–Crippen MR) is 64.2 cm³/mol. The van der Waals surface area contributed by atoms with Crippen molar-refractivity contribution in [3.05, 3.63) is 34.4 Å². The number of halogens is 4. The van der Waals surface area contributed by atoms with Gasteiger partial charge < -0.3 is 0 Å². The highest BCUT2D eigenvalue weighted by Crippen LogP contribution is 2.42. The number of alkyl halides is 3. The van der Waals surface area contributed by atoms with Gasteiger partial charge in [0.1, 0.15) is 0 Å². The zero-order chi connectivity index (χ0) is 14.3. The topological polar surface area (TPSA) is 34.1 Å². The van der Waals surface area contributed by atoms with E-state index in [1.165, 1.54) is 19.1 Å². The molecule has 1 unspecified atom stereocenters. The minimum atomic E-state index is -4.94. The molecule has 0 aliphatic heterocycles. The number of hydrogen-bond acceptors (Lipinski definition) is 2. The fraction of sp³-hybridized carbons (Fsp3) is 0.455. The lowest BCUT2D eigenvalue weighted by atomic mass is 9.98. The molecule has 1 aromatic rings. The van der Waals surface area contributed by atoms with Gasteiger partial charge in [-0.25, -0.2) is 8.42 Å². The Labute approximate surface area is 108 Å².